The third-order valence-corrected chi connectivity index (χ3v) is 6.56. The zero-order valence-electron chi connectivity index (χ0n) is 10.6. The molecule has 0 atom stereocenters. The predicted molar refractivity (Wildman–Crippen MR) is 80.2 cm³/mol. The molecule has 0 spiro atoms. The van der Waals surface area contributed by atoms with E-state index in [0.29, 0.717) is 11.4 Å². The molecule has 1 heterocycles. The van der Waals surface area contributed by atoms with E-state index < -0.39 is 22.4 Å². The van der Waals surface area contributed by atoms with E-state index in [4.69, 9.17) is 17.3 Å². The summed E-state index contributed by atoms with van der Waals surface area (Å²) in [6.07, 6.45) is 2.13. The Kier molecular flexibility index (Phi) is 6.04. The smallest absolute Gasteiger partial charge is 0.870 e. The van der Waals surface area contributed by atoms with E-state index in [9.17, 15) is 4.79 Å². The van der Waals surface area contributed by atoms with Crippen LogP contribution in [-0.4, -0.2) is 43.4 Å². The number of rotatable bonds is 3. The van der Waals surface area contributed by atoms with E-state index in [0.717, 1.165) is 5.56 Å². The predicted octanol–water partition coefficient (Wildman–Crippen LogP) is 1.94. The van der Waals surface area contributed by atoms with Crippen molar-refractivity contribution in [1.29, 1.82) is 0 Å². The minimum atomic E-state index is -0.758. The molecule has 0 saturated carbocycles. The van der Waals surface area contributed by atoms with Crippen LogP contribution in [0.5, 0.6) is 0 Å². The van der Waals surface area contributed by atoms with Gasteiger partial charge in [0.1, 0.15) is 0 Å². The molecule has 98 valence electrons. The number of hydrogen-bond acceptors (Lipinski definition) is 2. The number of halogens is 1. The van der Waals surface area contributed by atoms with Gasteiger partial charge in [0.05, 0.1) is 0 Å². The zero-order valence-corrected chi connectivity index (χ0v) is 14.6. The largest absolute Gasteiger partial charge is 0.870 e. The first-order valence-electron chi connectivity index (χ1n) is 5.67. The number of carbonyl (C=O) groups is 1. The van der Waals surface area contributed by atoms with Crippen LogP contribution < -0.4 is 5.73 Å². The van der Waals surface area contributed by atoms with Crippen molar-refractivity contribution in [2.45, 2.75) is 6.92 Å². The minimum Gasteiger partial charge on any atom is -0.870 e. The van der Waals surface area contributed by atoms with E-state index in [-0.39, 0.29) is 11.4 Å². The number of carbonyl (C=O) groups excluding carboxylic acids is 1. The third-order valence-electron chi connectivity index (χ3n) is 2.90. The van der Waals surface area contributed by atoms with Crippen molar-refractivity contribution >= 4 is 49.3 Å². The van der Waals surface area contributed by atoms with Gasteiger partial charge in [-0.1, -0.05) is 0 Å². The van der Waals surface area contributed by atoms with Gasteiger partial charge in [-0.3, -0.25) is 0 Å². The molecule has 19 heavy (non-hydrogen) atoms. The number of allylic oxidation sites excluding steroid dienone is 3. The van der Waals surface area contributed by atoms with Gasteiger partial charge < -0.3 is 5.48 Å². The topological polar surface area (TPSA) is 73.1 Å². The Balaban J connectivity index is 0.00000180. The number of benzene rings is 1. The first kappa shape index (κ1) is 16.2. The van der Waals surface area contributed by atoms with Crippen LogP contribution in [0.3, 0.4) is 0 Å². The van der Waals surface area contributed by atoms with Gasteiger partial charge in [0.15, 0.2) is 0 Å². The van der Waals surface area contributed by atoms with E-state index in [2.05, 4.69) is 13.7 Å². The summed E-state index contributed by atoms with van der Waals surface area (Å²) >= 11 is 5.12. The molecule has 1 amide bonds. The van der Waals surface area contributed by atoms with Gasteiger partial charge in [-0.25, -0.2) is 0 Å². The standard InChI is InChI=1S/C14H13ClNO.In.H2O/c1-9(8-15)6-10(2)13-5-4-12(14(16)17)7-11(13)3;;/h1-2,4-7H,8H2,3H3,(H2,16,17);;1H2/p-1. The normalized spacial score (nSPS) is 12.9. The van der Waals surface area contributed by atoms with Crippen molar-refractivity contribution < 1.29 is 10.3 Å². The Labute approximate surface area is 128 Å². The molecular formula is C14H14ClInNO2-. The first-order valence-corrected chi connectivity index (χ1v) is 10.0. The SMILES string of the molecule is Cc1cc(C(N)=O)ccc1C1=CC(CCl)=[CH][In]=[CH]1.[OH-]. The van der Waals surface area contributed by atoms with Crippen LogP contribution in [0.25, 0.3) is 5.57 Å². The van der Waals surface area contributed by atoms with Crippen LogP contribution >= 0.6 is 11.6 Å². The van der Waals surface area contributed by atoms with E-state index in [1.807, 2.05) is 19.1 Å². The second-order valence-electron chi connectivity index (χ2n) is 4.23. The van der Waals surface area contributed by atoms with Gasteiger partial charge in [0.2, 0.25) is 0 Å². The van der Waals surface area contributed by atoms with Crippen LogP contribution in [0.4, 0.5) is 0 Å². The molecule has 0 aliphatic carbocycles. The van der Waals surface area contributed by atoms with Crippen molar-refractivity contribution in [2.24, 2.45) is 5.73 Å². The molecule has 0 saturated heterocycles. The van der Waals surface area contributed by atoms with E-state index in [1.54, 1.807) is 6.07 Å². The van der Waals surface area contributed by atoms with Crippen LogP contribution in [0, 0.1) is 6.92 Å². The molecule has 0 bridgehead atoms. The number of amides is 1. The summed E-state index contributed by atoms with van der Waals surface area (Å²) < 4.78 is 4.65. The Morgan fingerprint density at radius 2 is 2.16 bits per heavy atom. The second kappa shape index (κ2) is 7.08. The molecule has 3 N–H and O–H groups in total. The van der Waals surface area contributed by atoms with Crippen LogP contribution in [0.2, 0.25) is 0 Å². The van der Waals surface area contributed by atoms with Crippen molar-refractivity contribution in [3.8, 4) is 0 Å². The monoisotopic (exact) mass is 378 g/mol. The number of aryl methyl sites for hydroxylation is 1. The van der Waals surface area contributed by atoms with Crippen molar-refractivity contribution in [3.05, 3.63) is 50.4 Å². The van der Waals surface area contributed by atoms with Crippen molar-refractivity contribution in [1.82, 2.24) is 0 Å². The average molecular weight is 379 g/mol. The van der Waals surface area contributed by atoms with Gasteiger partial charge in [0.25, 0.3) is 0 Å². The molecule has 1 aromatic rings. The maximum atomic E-state index is 11.1. The van der Waals surface area contributed by atoms with Gasteiger partial charge in [-0.2, -0.15) is 0 Å². The molecule has 2 rings (SSSR count). The number of primary amides is 1. The van der Waals surface area contributed by atoms with Gasteiger partial charge in [-0.15, -0.1) is 0 Å². The molecule has 0 unspecified atom stereocenters. The van der Waals surface area contributed by atoms with E-state index >= 15 is 0 Å². The van der Waals surface area contributed by atoms with Gasteiger partial charge >= 0.3 is 123 Å². The zero-order chi connectivity index (χ0) is 13.1. The fraction of sp³-hybridized carbons (Fsp3) is 0.143. The minimum absolute atomic E-state index is 0. The summed E-state index contributed by atoms with van der Waals surface area (Å²) in [5, 5.41) is 0. The Hall–Kier alpha value is -0.840. The first-order chi connectivity index (χ1) is 8.61. The molecule has 0 aromatic heterocycles. The summed E-state index contributed by atoms with van der Waals surface area (Å²) in [4.78, 5) is 11.1. The maximum absolute atomic E-state index is 11.1. The molecule has 5 heteroatoms. The molecular weight excluding hydrogens is 364 g/mol. The summed E-state index contributed by atoms with van der Waals surface area (Å²) in [6, 6.07) is 5.60. The fourth-order valence-electron chi connectivity index (χ4n) is 1.96. The fourth-order valence-corrected chi connectivity index (χ4v) is 5.53. The van der Waals surface area contributed by atoms with Gasteiger partial charge in [-0.05, 0) is 0 Å². The van der Waals surface area contributed by atoms with E-state index in [1.165, 1.54) is 16.7 Å². The van der Waals surface area contributed by atoms with Crippen LogP contribution in [0.1, 0.15) is 21.5 Å². The number of nitrogens with two attached hydrogens (primary N) is 1. The molecule has 1 aliphatic rings. The van der Waals surface area contributed by atoms with Crippen LogP contribution in [0.15, 0.2) is 33.7 Å². The quantitative estimate of drug-likeness (QED) is 0.817. The Bertz CT molecular complexity index is 591. The van der Waals surface area contributed by atoms with Crippen LogP contribution in [-0.2, 0) is 0 Å². The number of hydrogen-bond donors (Lipinski definition) is 1. The molecule has 1 aromatic carbocycles. The Morgan fingerprint density at radius 3 is 2.74 bits per heavy atom. The molecule has 3 nitrogen and oxygen atoms in total. The second-order valence-corrected chi connectivity index (χ2v) is 7.50. The molecule has 1 aliphatic heterocycles. The average Bonchev–Trinajstić information content (AvgIpc) is 2.38. The summed E-state index contributed by atoms with van der Waals surface area (Å²) in [7, 11) is 0. The third kappa shape index (κ3) is 3.81. The maximum Gasteiger partial charge on any atom is -0.870 e. The summed E-state index contributed by atoms with van der Waals surface area (Å²) in [5.41, 5.74) is 10.5. The number of alkyl halides is 1. The summed E-state index contributed by atoms with van der Waals surface area (Å²) in [5.74, 6) is 0.187. The van der Waals surface area contributed by atoms with Gasteiger partial charge in [0, 0.05) is 0 Å². The Morgan fingerprint density at radius 1 is 1.42 bits per heavy atom. The molecule has 0 fully saturated rings. The molecule has 0 radical (unpaired) electrons. The van der Waals surface area contributed by atoms with Crippen molar-refractivity contribution in [3.63, 3.8) is 0 Å². The van der Waals surface area contributed by atoms with Crippen molar-refractivity contribution in [2.75, 3.05) is 5.88 Å². The summed E-state index contributed by atoms with van der Waals surface area (Å²) in [6.45, 7) is 2.00.